The SMILES string of the molecule is CCCCCCCC[C@@H](C(=O)N[C@@H](CC(C)C)C(=O)NC(C)(C)C(=O)N[C@@H](CC(C)C)C(=O)N[C@@H](CC(C)C)C(=O)NC(C)(C)C(=O)NC(C)(C)C(=O)NCCC(=O)NCCN1C[C@@H](C)O[C@@H](C)C1)N(C=O)[C@@H]1CCCN1C(=O)CCCCC. The number of amides is 10. The van der Waals surface area contributed by atoms with E-state index in [1.54, 1.807) is 4.90 Å². The normalized spacial score (nSPS) is 18.3. The Balaban J connectivity index is 2.21. The van der Waals surface area contributed by atoms with Gasteiger partial charge in [-0.3, -0.25) is 52.8 Å². The van der Waals surface area contributed by atoms with E-state index in [4.69, 9.17) is 4.74 Å². The predicted octanol–water partition coefficient (Wildman–Crippen LogP) is 5.10. The minimum Gasteiger partial charge on any atom is -0.373 e. The third-order valence-corrected chi connectivity index (χ3v) is 15.4. The molecule has 2 aliphatic heterocycles. The van der Waals surface area contributed by atoms with Crippen LogP contribution in [0.2, 0.25) is 0 Å². The van der Waals surface area contributed by atoms with Gasteiger partial charge in [-0.2, -0.15) is 0 Å². The third-order valence-electron chi connectivity index (χ3n) is 15.4. The van der Waals surface area contributed by atoms with Crippen molar-refractivity contribution in [2.24, 2.45) is 17.8 Å². The number of carbonyl (C=O) groups excluding carboxylic acids is 10. The molecule has 0 aliphatic carbocycles. The van der Waals surface area contributed by atoms with Crippen LogP contribution in [0, 0.1) is 17.8 Å². The van der Waals surface area contributed by atoms with E-state index in [2.05, 4.69) is 61.3 Å². The zero-order valence-electron chi connectivity index (χ0n) is 54.4. The maximum Gasteiger partial charge on any atom is 0.246 e. The van der Waals surface area contributed by atoms with Gasteiger partial charge < -0.3 is 57.1 Å². The van der Waals surface area contributed by atoms with Gasteiger partial charge in [0.15, 0.2) is 0 Å². The topological polar surface area (TPSA) is 286 Å². The lowest BCUT2D eigenvalue weighted by molar-refractivity contribution is -0.146. The summed E-state index contributed by atoms with van der Waals surface area (Å²) in [6.07, 6.45) is 11.1. The van der Waals surface area contributed by atoms with Crippen molar-refractivity contribution >= 4 is 59.6 Å². The quantitative estimate of drug-likeness (QED) is 0.0295. The summed E-state index contributed by atoms with van der Waals surface area (Å²) in [5, 5.41) is 22.4. The summed E-state index contributed by atoms with van der Waals surface area (Å²) >= 11 is 0. The van der Waals surface area contributed by atoms with E-state index in [-0.39, 0.29) is 74.0 Å². The highest BCUT2D eigenvalue weighted by Gasteiger charge is 2.42. The molecule has 22 heteroatoms. The molecule has 0 bridgehead atoms. The number of hydrogen-bond donors (Lipinski definition) is 8. The molecule has 0 unspecified atom stereocenters. The molecule has 2 fully saturated rings. The van der Waals surface area contributed by atoms with Crippen LogP contribution >= 0.6 is 0 Å². The molecule has 2 heterocycles. The first-order valence-electron chi connectivity index (χ1n) is 31.6. The molecule has 7 atom stereocenters. The molecular weight excluding hydrogens is 1070 g/mol. The summed E-state index contributed by atoms with van der Waals surface area (Å²) in [4.78, 5) is 143. The van der Waals surface area contributed by atoms with Gasteiger partial charge in [-0.05, 0) is 118 Å². The Morgan fingerprint density at radius 1 is 0.571 bits per heavy atom. The highest BCUT2D eigenvalue weighted by Crippen LogP contribution is 2.26. The second-order valence-corrected chi connectivity index (χ2v) is 26.5. The first kappa shape index (κ1) is 74.7. The highest BCUT2D eigenvalue weighted by molar-refractivity contribution is 5.99. The molecule has 8 N–H and O–H groups in total. The lowest BCUT2D eigenvalue weighted by Crippen LogP contribution is -2.65. The second kappa shape index (κ2) is 36.6. The fourth-order valence-corrected chi connectivity index (χ4v) is 10.7. The fraction of sp³-hybridized carbons (Fsp3) is 0.839. The molecule has 0 aromatic carbocycles. The van der Waals surface area contributed by atoms with Gasteiger partial charge in [-0.1, -0.05) is 107 Å². The van der Waals surface area contributed by atoms with Crippen molar-refractivity contribution < 1.29 is 52.7 Å². The number of unbranched alkanes of at least 4 members (excludes halogenated alkanes) is 7. The number of likely N-dealkylation sites (tertiary alicyclic amines) is 1. The van der Waals surface area contributed by atoms with Gasteiger partial charge in [-0.25, -0.2) is 0 Å². The summed E-state index contributed by atoms with van der Waals surface area (Å²) < 4.78 is 5.77. The first-order valence-corrected chi connectivity index (χ1v) is 31.6. The van der Waals surface area contributed by atoms with Crippen molar-refractivity contribution in [1.29, 1.82) is 0 Å². The Morgan fingerprint density at radius 2 is 1.06 bits per heavy atom. The maximum absolute atomic E-state index is 14.6. The smallest absolute Gasteiger partial charge is 0.246 e. The summed E-state index contributed by atoms with van der Waals surface area (Å²) in [6, 6.07) is -4.40. The summed E-state index contributed by atoms with van der Waals surface area (Å²) in [6.45, 7) is 31.6. The van der Waals surface area contributed by atoms with Gasteiger partial charge in [0.05, 0.1) is 12.2 Å². The summed E-state index contributed by atoms with van der Waals surface area (Å²) in [7, 11) is 0. The molecule has 2 rings (SSSR count). The Hall–Kier alpha value is -5.38. The molecule has 22 nitrogen and oxygen atoms in total. The van der Waals surface area contributed by atoms with Gasteiger partial charge in [0.25, 0.3) is 0 Å². The Morgan fingerprint density at radius 3 is 1.60 bits per heavy atom. The van der Waals surface area contributed by atoms with E-state index in [1.165, 1.54) is 46.4 Å². The maximum atomic E-state index is 14.6. The fourth-order valence-electron chi connectivity index (χ4n) is 10.7. The van der Waals surface area contributed by atoms with Crippen molar-refractivity contribution in [3.63, 3.8) is 0 Å². The second-order valence-electron chi connectivity index (χ2n) is 26.5. The van der Waals surface area contributed by atoms with Crippen LogP contribution in [0.5, 0.6) is 0 Å². The molecule has 2 saturated heterocycles. The van der Waals surface area contributed by atoms with Crippen LogP contribution in [-0.2, 0) is 52.7 Å². The van der Waals surface area contributed by atoms with Crippen LogP contribution in [0.3, 0.4) is 0 Å². The molecule has 0 aromatic heterocycles. The number of rotatable bonds is 39. The average Bonchev–Trinajstić information content (AvgIpc) is 3.99. The van der Waals surface area contributed by atoms with E-state index >= 15 is 0 Å². The minimum absolute atomic E-state index is 0.0294. The molecule has 0 radical (unpaired) electrons. The third kappa shape index (κ3) is 26.5. The van der Waals surface area contributed by atoms with Crippen molar-refractivity contribution in [2.75, 3.05) is 39.3 Å². The largest absolute Gasteiger partial charge is 0.373 e. The van der Waals surface area contributed by atoms with Crippen LogP contribution in [0.4, 0.5) is 0 Å². The average molecular weight is 1190 g/mol. The first-order chi connectivity index (χ1) is 39.3. The van der Waals surface area contributed by atoms with Crippen LogP contribution in [0.25, 0.3) is 0 Å². The van der Waals surface area contributed by atoms with Gasteiger partial charge in [0.1, 0.15) is 46.9 Å². The van der Waals surface area contributed by atoms with E-state index < -0.39 is 88.3 Å². The van der Waals surface area contributed by atoms with E-state index in [0.717, 1.165) is 64.5 Å². The molecule has 0 spiro atoms. The molecule has 84 heavy (non-hydrogen) atoms. The van der Waals surface area contributed by atoms with E-state index in [9.17, 15) is 47.9 Å². The van der Waals surface area contributed by atoms with Gasteiger partial charge in [0, 0.05) is 52.1 Å². The Kier molecular flexibility index (Phi) is 32.5. The summed E-state index contributed by atoms with van der Waals surface area (Å²) in [5.41, 5.74) is -4.67. The Bertz CT molecular complexity index is 2130. The van der Waals surface area contributed by atoms with Crippen molar-refractivity contribution in [3.05, 3.63) is 0 Å². The van der Waals surface area contributed by atoms with Crippen LogP contribution in [0.15, 0.2) is 0 Å². The molecule has 0 aromatic rings. The van der Waals surface area contributed by atoms with E-state index in [0.29, 0.717) is 58.1 Å². The zero-order valence-corrected chi connectivity index (χ0v) is 54.4. The van der Waals surface area contributed by atoms with Crippen LogP contribution < -0.4 is 42.5 Å². The summed E-state index contributed by atoms with van der Waals surface area (Å²) in [5.74, 6) is -5.03. The highest BCUT2D eigenvalue weighted by atomic mass is 16.5. The number of nitrogens with one attached hydrogen (secondary N) is 8. The lowest BCUT2D eigenvalue weighted by Gasteiger charge is -2.38. The molecule has 10 amide bonds. The Labute approximate surface area is 503 Å². The van der Waals surface area contributed by atoms with E-state index in [1.807, 2.05) is 55.4 Å². The minimum atomic E-state index is -1.63. The zero-order chi connectivity index (χ0) is 63.5. The van der Waals surface area contributed by atoms with Crippen molar-refractivity contribution in [2.45, 2.75) is 279 Å². The lowest BCUT2D eigenvalue weighted by atomic mass is 9.96. The van der Waals surface area contributed by atoms with Crippen LogP contribution in [0.1, 0.15) is 220 Å². The van der Waals surface area contributed by atoms with Crippen molar-refractivity contribution in [3.8, 4) is 0 Å². The number of nitrogens with zero attached hydrogens (tertiary/aromatic N) is 3. The van der Waals surface area contributed by atoms with Crippen LogP contribution in [-0.4, -0.2) is 173 Å². The number of morpholine rings is 1. The molecule has 482 valence electrons. The number of carbonyl (C=O) groups is 10. The van der Waals surface area contributed by atoms with Gasteiger partial charge >= 0.3 is 0 Å². The van der Waals surface area contributed by atoms with Gasteiger partial charge in [-0.15, -0.1) is 0 Å². The predicted molar refractivity (Wildman–Crippen MR) is 326 cm³/mol. The van der Waals surface area contributed by atoms with Crippen molar-refractivity contribution in [1.82, 2.24) is 57.2 Å². The molecular formula is C62H113N11O11. The molecule has 0 saturated carbocycles. The number of ether oxygens (including phenoxy) is 1. The van der Waals surface area contributed by atoms with Gasteiger partial charge in [0.2, 0.25) is 59.6 Å². The number of hydrogen-bond acceptors (Lipinski definition) is 12. The monoisotopic (exact) mass is 1190 g/mol. The molecule has 2 aliphatic rings. The standard InChI is InChI=1S/C62H113N11O11/c1-17-19-21-22-23-25-27-49(73(40-74)51-28-26-33-72(51)52(76)29-24-20-18-2)56(80)66-48(37-43(7)8)55(79)68-61(13,14)58(82)67-46(35-41(3)4)53(77)65-47(36-42(5)6)54(78)69-62(15,16)59(83)70-60(11,12)57(81)64-31-30-50(75)63-32-34-71-38-44(9)84-45(10)39-71/h40-49,51H,17-39H2,1-16H3,(H,63,75)(H,64,81)(H,65,77)(H,66,80)(H,67,82)(H,68,79)(H,69,78)(H,70,83)/t44-,45+,46-,47-,48-,49-,51+/m0/s1.